The Morgan fingerprint density at radius 1 is 1.00 bits per heavy atom. The summed E-state index contributed by atoms with van der Waals surface area (Å²) in [5, 5.41) is 15.5. The lowest BCUT2D eigenvalue weighted by Crippen LogP contribution is -2.26. The summed E-state index contributed by atoms with van der Waals surface area (Å²) >= 11 is 0. The van der Waals surface area contributed by atoms with E-state index in [-0.39, 0.29) is 11.1 Å². The number of aromatic nitrogens is 5. The Labute approximate surface area is 184 Å². The van der Waals surface area contributed by atoms with Gasteiger partial charge in [-0.1, -0.05) is 0 Å². The smallest absolute Gasteiger partial charge is 0.263 e. The topological polar surface area (TPSA) is 104 Å². The number of carbonyl (C=O) groups excluding carboxylic acids is 1. The van der Waals surface area contributed by atoms with Crippen molar-refractivity contribution in [3.63, 3.8) is 0 Å². The zero-order chi connectivity index (χ0) is 22.8. The first kappa shape index (κ1) is 21.0. The molecular weight excluding hydrogens is 408 g/mol. The van der Waals surface area contributed by atoms with Crippen molar-refractivity contribution in [2.24, 2.45) is 7.05 Å². The molecule has 0 saturated carbocycles. The van der Waals surface area contributed by atoms with E-state index in [1.54, 1.807) is 60.4 Å². The third-order valence-corrected chi connectivity index (χ3v) is 5.20. The first-order valence-corrected chi connectivity index (χ1v) is 9.95. The molecule has 0 bridgehead atoms. The Morgan fingerprint density at radius 3 is 2.38 bits per heavy atom. The van der Waals surface area contributed by atoms with Crippen molar-refractivity contribution in [1.29, 1.82) is 0 Å². The molecule has 4 rings (SSSR count). The van der Waals surface area contributed by atoms with Gasteiger partial charge in [0.1, 0.15) is 11.3 Å². The molecule has 0 atom stereocenters. The Bertz CT molecular complexity index is 1340. The number of aryl methyl sites for hydroxylation is 2. The maximum atomic E-state index is 12.4. The molecule has 0 unspecified atom stereocenters. The molecule has 9 heteroatoms. The summed E-state index contributed by atoms with van der Waals surface area (Å²) < 4.78 is 8.84. The minimum absolute atomic E-state index is 0.0727. The van der Waals surface area contributed by atoms with Crippen LogP contribution in [0.2, 0.25) is 0 Å². The molecule has 3 heterocycles. The molecule has 4 aromatic rings. The standard InChI is InChI=1S/C23H22N6O3/c1-14-15(2)27-29(16(14)3)20-11-12-21(26-25-20)32-18-9-7-17(8-10-18)24-22(30)19-6-5-13-28(4)23(19)31/h5-13H,1-4H3,(H,24,30). The van der Waals surface area contributed by atoms with Crippen LogP contribution < -0.4 is 15.6 Å². The number of amides is 1. The number of anilines is 1. The SMILES string of the molecule is Cc1nn(-c2ccc(Oc3ccc(NC(=O)c4cccn(C)c4=O)cc3)nn2)c(C)c1C. The van der Waals surface area contributed by atoms with Crippen LogP contribution in [0.4, 0.5) is 5.69 Å². The van der Waals surface area contributed by atoms with Crippen molar-refractivity contribution in [2.75, 3.05) is 5.32 Å². The second kappa shape index (κ2) is 8.46. The van der Waals surface area contributed by atoms with E-state index in [1.165, 1.54) is 10.6 Å². The summed E-state index contributed by atoms with van der Waals surface area (Å²) in [4.78, 5) is 24.4. The monoisotopic (exact) mass is 430 g/mol. The van der Waals surface area contributed by atoms with E-state index in [9.17, 15) is 9.59 Å². The summed E-state index contributed by atoms with van der Waals surface area (Å²) in [5.74, 6) is 0.996. The van der Waals surface area contributed by atoms with Crippen LogP contribution in [0.25, 0.3) is 5.82 Å². The van der Waals surface area contributed by atoms with E-state index in [0.29, 0.717) is 23.1 Å². The van der Waals surface area contributed by atoms with Gasteiger partial charge in [0.05, 0.1) is 5.69 Å². The second-order valence-electron chi connectivity index (χ2n) is 7.36. The van der Waals surface area contributed by atoms with Gasteiger partial charge in [-0.15, -0.1) is 10.2 Å². The summed E-state index contributed by atoms with van der Waals surface area (Å²) in [6.07, 6.45) is 1.60. The molecule has 0 spiro atoms. The van der Waals surface area contributed by atoms with Crippen molar-refractivity contribution >= 4 is 11.6 Å². The molecule has 3 aromatic heterocycles. The minimum atomic E-state index is -0.472. The van der Waals surface area contributed by atoms with Crippen LogP contribution in [0, 0.1) is 20.8 Å². The fourth-order valence-corrected chi connectivity index (χ4v) is 3.12. The number of rotatable bonds is 5. The van der Waals surface area contributed by atoms with Gasteiger partial charge in [0.25, 0.3) is 11.5 Å². The third-order valence-electron chi connectivity index (χ3n) is 5.20. The largest absolute Gasteiger partial charge is 0.438 e. The Morgan fingerprint density at radius 2 is 1.75 bits per heavy atom. The van der Waals surface area contributed by atoms with E-state index in [2.05, 4.69) is 20.6 Å². The lowest BCUT2D eigenvalue weighted by atomic mass is 10.2. The quantitative estimate of drug-likeness (QED) is 0.521. The van der Waals surface area contributed by atoms with Crippen molar-refractivity contribution < 1.29 is 9.53 Å². The summed E-state index contributed by atoms with van der Waals surface area (Å²) in [6, 6.07) is 13.4. The first-order valence-electron chi connectivity index (χ1n) is 9.95. The lowest BCUT2D eigenvalue weighted by Gasteiger charge is -2.08. The predicted molar refractivity (Wildman–Crippen MR) is 120 cm³/mol. The highest BCUT2D eigenvalue weighted by atomic mass is 16.5. The Balaban J connectivity index is 1.43. The van der Waals surface area contributed by atoms with E-state index in [1.807, 2.05) is 20.8 Å². The number of benzene rings is 1. The van der Waals surface area contributed by atoms with Gasteiger partial charge in [-0.2, -0.15) is 5.10 Å². The molecule has 0 radical (unpaired) electrons. The number of pyridine rings is 1. The number of carbonyl (C=O) groups is 1. The average molecular weight is 430 g/mol. The van der Waals surface area contributed by atoms with Crippen LogP contribution >= 0.6 is 0 Å². The van der Waals surface area contributed by atoms with Crippen LogP contribution in [0.3, 0.4) is 0 Å². The van der Waals surface area contributed by atoms with Gasteiger partial charge in [0.15, 0.2) is 5.82 Å². The summed E-state index contributed by atoms with van der Waals surface area (Å²) in [5.41, 5.74) is 3.33. The Hall–Kier alpha value is -4.27. The minimum Gasteiger partial charge on any atom is -0.438 e. The molecule has 9 nitrogen and oxygen atoms in total. The lowest BCUT2D eigenvalue weighted by molar-refractivity contribution is 0.102. The van der Waals surface area contributed by atoms with Crippen LogP contribution in [0.15, 0.2) is 59.5 Å². The first-order chi connectivity index (χ1) is 15.3. The molecule has 0 aliphatic rings. The van der Waals surface area contributed by atoms with E-state index in [0.717, 1.165) is 17.0 Å². The van der Waals surface area contributed by atoms with Gasteiger partial charge in [0, 0.05) is 30.7 Å². The molecule has 0 saturated heterocycles. The maximum Gasteiger partial charge on any atom is 0.263 e. The number of nitrogens with one attached hydrogen (secondary N) is 1. The maximum absolute atomic E-state index is 12.4. The number of nitrogens with zero attached hydrogens (tertiary/aromatic N) is 5. The zero-order valence-corrected chi connectivity index (χ0v) is 18.2. The second-order valence-corrected chi connectivity index (χ2v) is 7.36. The van der Waals surface area contributed by atoms with Crippen molar-refractivity contribution in [3.05, 3.63) is 87.6 Å². The van der Waals surface area contributed by atoms with Crippen molar-refractivity contribution in [1.82, 2.24) is 24.5 Å². The number of hydrogen-bond donors (Lipinski definition) is 1. The third kappa shape index (κ3) is 4.13. The molecule has 0 fully saturated rings. The van der Waals surface area contributed by atoms with Gasteiger partial charge < -0.3 is 14.6 Å². The van der Waals surface area contributed by atoms with Crippen LogP contribution in [0.1, 0.15) is 27.3 Å². The van der Waals surface area contributed by atoms with E-state index in [4.69, 9.17) is 4.74 Å². The molecule has 1 N–H and O–H groups in total. The molecular formula is C23H22N6O3. The van der Waals surface area contributed by atoms with Gasteiger partial charge in [0.2, 0.25) is 5.88 Å². The molecule has 0 aliphatic heterocycles. The van der Waals surface area contributed by atoms with Crippen molar-refractivity contribution in [2.45, 2.75) is 20.8 Å². The number of hydrogen-bond acceptors (Lipinski definition) is 6. The van der Waals surface area contributed by atoms with Crippen LogP contribution in [0.5, 0.6) is 11.6 Å². The van der Waals surface area contributed by atoms with Gasteiger partial charge in [-0.25, -0.2) is 4.68 Å². The van der Waals surface area contributed by atoms with Gasteiger partial charge in [-0.05, 0) is 68.8 Å². The predicted octanol–water partition coefficient (Wildman–Crippen LogP) is 3.33. The van der Waals surface area contributed by atoms with Crippen LogP contribution in [-0.2, 0) is 7.05 Å². The van der Waals surface area contributed by atoms with Crippen molar-refractivity contribution in [3.8, 4) is 17.4 Å². The summed E-state index contributed by atoms with van der Waals surface area (Å²) in [7, 11) is 1.60. The highest BCUT2D eigenvalue weighted by molar-refractivity contribution is 6.04. The molecule has 162 valence electrons. The molecule has 32 heavy (non-hydrogen) atoms. The highest BCUT2D eigenvalue weighted by Gasteiger charge is 2.12. The highest BCUT2D eigenvalue weighted by Crippen LogP contribution is 2.22. The zero-order valence-electron chi connectivity index (χ0n) is 18.2. The van der Waals surface area contributed by atoms with Gasteiger partial charge >= 0.3 is 0 Å². The molecule has 1 aromatic carbocycles. The van der Waals surface area contributed by atoms with Gasteiger partial charge in [-0.3, -0.25) is 9.59 Å². The summed E-state index contributed by atoms with van der Waals surface area (Å²) in [6.45, 7) is 5.96. The molecule has 0 aliphatic carbocycles. The average Bonchev–Trinajstić information content (AvgIpc) is 3.05. The molecule has 1 amide bonds. The Kier molecular flexibility index (Phi) is 5.55. The fourth-order valence-electron chi connectivity index (χ4n) is 3.12. The normalized spacial score (nSPS) is 10.8. The van der Waals surface area contributed by atoms with E-state index >= 15 is 0 Å². The van der Waals surface area contributed by atoms with E-state index < -0.39 is 5.91 Å². The van der Waals surface area contributed by atoms with Crippen LogP contribution in [-0.4, -0.2) is 30.5 Å². The number of ether oxygens (including phenoxy) is 1. The fraction of sp³-hybridized carbons (Fsp3) is 0.174.